The number of hydrogen-bond acceptors (Lipinski definition) is 2. The van der Waals surface area contributed by atoms with Crippen molar-refractivity contribution in [1.82, 2.24) is 0 Å². The standard InChI is InChI=1S/C9H11NO/c10-7-2-1-3-9(6-7)11-8-4-5-8/h1-3,6,8H,4-5,10H2. The average molecular weight is 149 g/mol. The van der Waals surface area contributed by atoms with Gasteiger partial charge in [-0.05, 0) is 25.0 Å². The molecule has 2 nitrogen and oxygen atoms in total. The zero-order valence-electron chi connectivity index (χ0n) is 6.29. The summed E-state index contributed by atoms with van der Waals surface area (Å²) < 4.78 is 5.53. The molecule has 0 bridgehead atoms. The fraction of sp³-hybridized carbons (Fsp3) is 0.333. The van der Waals surface area contributed by atoms with Crippen LogP contribution in [0.4, 0.5) is 5.69 Å². The number of nitrogen functional groups attached to an aromatic ring is 1. The second-order valence-corrected chi connectivity index (χ2v) is 2.89. The Bertz CT molecular complexity index is 255. The molecule has 0 saturated heterocycles. The van der Waals surface area contributed by atoms with Crippen molar-refractivity contribution >= 4 is 5.69 Å². The summed E-state index contributed by atoms with van der Waals surface area (Å²) in [4.78, 5) is 0. The van der Waals surface area contributed by atoms with Crippen molar-refractivity contribution < 1.29 is 4.74 Å². The number of rotatable bonds is 2. The molecule has 0 atom stereocenters. The van der Waals surface area contributed by atoms with E-state index in [0.717, 1.165) is 11.4 Å². The lowest BCUT2D eigenvalue weighted by molar-refractivity contribution is 0.303. The van der Waals surface area contributed by atoms with Gasteiger partial charge in [0, 0.05) is 11.8 Å². The van der Waals surface area contributed by atoms with E-state index in [0.29, 0.717) is 6.10 Å². The van der Waals surface area contributed by atoms with Gasteiger partial charge in [-0.15, -0.1) is 0 Å². The molecule has 1 aliphatic rings. The minimum Gasteiger partial charge on any atom is -0.490 e. The Balaban J connectivity index is 2.10. The summed E-state index contributed by atoms with van der Waals surface area (Å²) in [5.74, 6) is 0.896. The lowest BCUT2D eigenvalue weighted by Gasteiger charge is -2.03. The van der Waals surface area contributed by atoms with Crippen molar-refractivity contribution in [2.24, 2.45) is 0 Å². The molecule has 1 aromatic rings. The van der Waals surface area contributed by atoms with Crippen LogP contribution in [0.25, 0.3) is 0 Å². The molecular formula is C9H11NO. The highest BCUT2D eigenvalue weighted by Crippen LogP contribution is 2.27. The first-order valence-corrected chi connectivity index (χ1v) is 3.87. The lowest BCUT2D eigenvalue weighted by atomic mass is 10.3. The molecular weight excluding hydrogens is 138 g/mol. The number of anilines is 1. The Morgan fingerprint density at radius 1 is 1.36 bits per heavy atom. The van der Waals surface area contributed by atoms with E-state index in [9.17, 15) is 0 Å². The predicted molar refractivity (Wildman–Crippen MR) is 44.5 cm³/mol. The highest BCUT2D eigenvalue weighted by Gasteiger charge is 2.23. The van der Waals surface area contributed by atoms with Crippen LogP contribution < -0.4 is 10.5 Å². The van der Waals surface area contributed by atoms with Crippen molar-refractivity contribution in [3.8, 4) is 5.75 Å². The van der Waals surface area contributed by atoms with Crippen molar-refractivity contribution in [2.45, 2.75) is 18.9 Å². The summed E-state index contributed by atoms with van der Waals surface area (Å²) in [6.45, 7) is 0. The van der Waals surface area contributed by atoms with E-state index in [1.165, 1.54) is 12.8 Å². The molecule has 1 saturated carbocycles. The van der Waals surface area contributed by atoms with Crippen LogP contribution in [0.3, 0.4) is 0 Å². The fourth-order valence-electron chi connectivity index (χ4n) is 0.966. The van der Waals surface area contributed by atoms with E-state index in [2.05, 4.69) is 0 Å². The zero-order valence-corrected chi connectivity index (χ0v) is 6.29. The maximum absolute atomic E-state index is 5.57. The number of nitrogens with two attached hydrogens (primary N) is 1. The van der Waals surface area contributed by atoms with E-state index < -0.39 is 0 Å². The maximum atomic E-state index is 5.57. The topological polar surface area (TPSA) is 35.2 Å². The van der Waals surface area contributed by atoms with Crippen molar-refractivity contribution in [3.63, 3.8) is 0 Å². The molecule has 2 rings (SSSR count). The van der Waals surface area contributed by atoms with Crippen molar-refractivity contribution in [1.29, 1.82) is 0 Å². The molecule has 0 amide bonds. The highest BCUT2D eigenvalue weighted by atomic mass is 16.5. The van der Waals surface area contributed by atoms with Gasteiger partial charge < -0.3 is 10.5 Å². The van der Waals surface area contributed by atoms with Gasteiger partial charge in [0.1, 0.15) is 5.75 Å². The van der Waals surface area contributed by atoms with Crippen LogP contribution >= 0.6 is 0 Å². The normalized spacial score (nSPS) is 16.4. The quantitative estimate of drug-likeness (QED) is 0.651. The molecule has 0 heterocycles. The van der Waals surface area contributed by atoms with Gasteiger partial charge in [-0.2, -0.15) is 0 Å². The molecule has 2 N–H and O–H groups in total. The van der Waals surface area contributed by atoms with Crippen LogP contribution in [0.1, 0.15) is 12.8 Å². The maximum Gasteiger partial charge on any atom is 0.121 e. The first kappa shape index (κ1) is 6.53. The molecule has 0 spiro atoms. The van der Waals surface area contributed by atoms with E-state index in [1.54, 1.807) is 0 Å². The molecule has 11 heavy (non-hydrogen) atoms. The van der Waals surface area contributed by atoms with Gasteiger partial charge in [0.25, 0.3) is 0 Å². The Labute approximate surface area is 66.0 Å². The molecule has 58 valence electrons. The van der Waals surface area contributed by atoms with E-state index in [4.69, 9.17) is 10.5 Å². The van der Waals surface area contributed by atoms with Crippen LogP contribution in [0.15, 0.2) is 24.3 Å². The van der Waals surface area contributed by atoms with Gasteiger partial charge in [-0.1, -0.05) is 6.07 Å². The van der Waals surface area contributed by atoms with Gasteiger partial charge in [0.05, 0.1) is 6.10 Å². The number of benzene rings is 1. The third-order valence-corrected chi connectivity index (χ3v) is 1.69. The van der Waals surface area contributed by atoms with Crippen molar-refractivity contribution in [3.05, 3.63) is 24.3 Å². The molecule has 0 aromatic heterocycles. The summed E-state index contributed by atoms with van der Waals surface area (Å²) in [7, 11) is 0. The number of ether oxygens (including phenoxy) is 1. The van der Waals surface area contributed by atoms with Gasteiger partial charge in [-0.3, -0.25) is 0 Å². The van der Waals surface area contributed by atoms with Crippen LogP contribution in [0, 0.1) is 0 Å². The van der Waals surface area contributed by atoms with E-state index in [1.807, 2.05) is 24.3 Å². The monoisotopic (exact) mass is 149 g/mol. The second kappa shape index (κ2) is 2.46. The van der Waals surface area contributed by atoms with E-state index >= 15 is 0 Å². The molecule has 1 fully saturated rings. The highest BCUT2D eigenvalue weighted by molar-refractivity contribution is 5.43. The molecule has 1 aliphatic carbocycles. The third-order valence-electron chi connectivity index (χ3n) is 1.69. The summed E-state index contributed by atoms with van der Waals surface area (Å²) >= 11 is 0. The fourth-order valence-corrected chi connectivity index (χ4v) is 0.966. The number of hydrogen-bond donors (Lipinski definition) is 1. The lowest BCUT2D eigenvalue weighted by Crippen LogP contribution is -1.96. The minimum absolute atomic E-state index is 0.455. The second-order valence-electron chi connectivity index (χ2n) is 2.89. The van der Waals surface area contributed by atoms with Crippen LogP contribution in [0.2, 0.25) is 0 Å². The van der Waals surface area contributed by atoms with Crippen LogP contribution in [-0.2, 0) is 0 Å². The molecule has 2 heteroatoms. The first-order valence-electron chi connectivity index (χ1n) is 3.87. The summed E-state index contributed by atoms with van der Waals surface area (Å²) in [6, 6.07) is 7.57. The average Bonchev–Trinajstić information content (AvgIpc) is 2.71. The molecule has 0 unspecified atom stereocenters. The third kappa shape index (κ3) is 1.64. The smallest absolute Gasteiger partial charge is 0.121 e. The summed E-state index contributed by atoms with van der Waals surface area (Å²) in [5.41, 5.74) is 6.34. The summed E-state index contributed by atoms with van der Waals surface area (Å²) in [5, 5.41) is 0. The zero-order chi connectivity index (χ0) is 7.68. The van der Waals surface area contributed by atoms with E-state index in [-0.39, 0.29) is 0 Å². The molecule has 0 radical (unpaired) electrons. The minimum atomic E-state index is 0.455. The van der Waals surface area contributed by atoms with Gasteiger partial charge in [-0.25, -0.2) is 0 Å². The molecule has 1 aromatic carbocycles. The Kier molecular flexibility index (Phi) is 1.46. The van der Waals surface area contributed by atoms with Crippen LogP contribution in [0.5, 0.6) is 5.75 Å². The van der Waals surface area contributed by atoms with Gasteiger partial charge in [0.2, 0.25) is 0 Å². The largest absolute Gasteiger partial charge is 0.490 e. The predicted octanol–water partition coefficient (Wildman–Crippen LogP) is 1.81. The van der Waals surface area contributed by atoms with Crippen molar-refractivity contribution in [2.75, 3.05) is 5.73 Å². The Morgan fingerprint density at radius 2 is 2.18 bits per heavy atom. The van der Waals surface area contributed by atoms with Crippen LogP contribution in [-0.4, -0.2) is 6.10 Å². The Morgan fingerprint density at radius 3 is 2.82 bits per heavy atom. The van der Waals surface area contributed by atoms with Gasteiger partial charge >= 0.3 is 0 Å². The first-order chi connectivity index (χ1) is 5.34. The Hall–Kier alpha value is -1.18. The summed E-state index contributed by atoms with van der Waals surface area (Å²) in [6.07, 6.45) is 2.83. The van der Waals surface area contributed by atoms with Gasteiger partial charge in [0.15, 0.2) is 0 Å². The molecule has 0 aliphatic heterocycles. The SMILES string of the molecule is Nc1cccc(OC2CC2)c1.